The van der Waals surface area contributed by atoms with E-state index in [0.29, 0.717) is 66.1 Å². The van der Waals surface area contributed by atoms with Crippen LogP contribution in [0.3, 0.4) is 0 Å². The predicted molar refractivity (Wildman–Crippen MR) is 120 cm³/mol. The van der Waals surface area contributed by atoms with Crippen molar-refractivity contribution in [1.82, 2.24) is 14.4 Å². The number of nitrogens with zero attached hydrogens (tertiary/aromatic N) is 3. The van der Waals surface area contributed by atoms with Crippen LogP contribution in [0.2, 0.25) is 5.02 Å². The first-order valence-corrected chi connectivity index (χ1v) is 11.2. The van der Waals surface area contributed by atoms with Gasteiger partial charge in [-0.2, -0.15) is 0 Å². The van der Waals surface area contributed by atoms with E-state index in [0.717, 1.165) is 6.20 Å². The third-order valence-electron chi connectivity index (χ3n) is 6.47. The highest BCUT2D eigenvalue weighted by molar-refractivity contribution is 6.33. The first-order valence-electron chi connectivity index (χ1n) is 10.9. The van der Waals surface area contributed by atoms with Crippen molar-refractivity contribution in [3.63, 3.8) is 0 Å². The van der Waals surface area contributed by atoms with Crippen molar-refractivity contribution < 1.29 is 27.9 Å². The van der Waals surface area contributed by atoms with Crippen molar-refractivity contribution in [2.75, 3.05) is 26.2 Å². The van der Waals surface area contributed by atoms with Crippen LogP contribution < -0.4 is 0 Å². The molecule has 1 aliphatic carbocycles. The van der Waals surface area contributed by atoms with Crippen molar-refractivity contribution in [3.8, 4) is 11.1 Å². The fourth-order valence-corrected chi connectivity index (χ4v) is 4.62. The van der Waals surface area contributed by atoms with E-state index >= 15 is 0 Å². The molecule has 5 rings (SSSR count). The second-order valence-electron chi connectivity index (χ2n) is 8.74. The third-order valence-corrected chi connectivity index (χ3v) is 6.78. The minimum atomic E-state index is -4.50. The number of hydrogen-bond donors (Lipinski definition) is 1. The van der Waals surface area contributed by atoms with E-state index in [9.17, 15) is 27.9 Å². The van der Waals surface area contributed by atoms with Gasteiger partial charge >= 0.3 is 6.30 Å². The number of fused-ring (bicyclic) bond motifs is 1. The summed E-state index contributed by atoms with van der Waals surface area (Å²) in [5, 5.41) is 10.7. The number of piperazine rings is 1. The van der Waals surface area contributed by atoms with Crippen LogP contribution >= 0.6 is 11.6 Å². The van der Waals surface area contributed by atoms with Crippen LogP contribution in [0, 0.1) is 0 Å². The number of hydrogen-bond acceptors (Lipinski definition) is 3. The molecule has 3 aromatic rings. The average molecular weight is 492 g/mol. The molecule has 34 heavy (non-hydrogen) atoms. The summed E-state index contributed by atoms with van der Waals surface area (Å²) in [5.74, 6) is -0.488. The van der Waals surface area contributed by atoms with Gasteiger partial charge in [-0.1, -0.05) is 23.7 Å². The van der Waals surface area contributed by atoms with Crippen molar-refractivity contribution in [3.05, 3.63) is 59.2 Å². The molecular formula is C24H21ClF3N3O3. The molecule has 2 heterocycles. The SMILES string of the molecule is O=C(c1ccc(-c2ccc3c(ccn3C(F)(F)F)c2)c(Cl)c1)N1CCN(C(=O)C2(O)CC2)CC1. The van der Waals surface area contributed by atoms with E-state index < -0.39 is 11.9 Å². The Morgan fingerprint density at radius 2 is 1.62 bits per heavy atom. The Kier molecular flexibility index (Phi) is 5.37. The number of aliphatic hydroxyl groups is 1. The van der Waals surface area contributed by atoms with Gasteiger partial charge in [0.25, 0.3) is 11.8 Å². The lowest BCUT2D eigenvalue weighted by Gasteiger charge is -2.35. The quantitative estimate of drug-likeness (QED) is 0.596. The maximum atomic E-state index is 13.1. The Hall–Kier alpha value is -3.04. The summed E-state index contributed by atoms with van der Waals surface area (Å²) >= 11 is 6.46. The smallest absolute Gasteiger partial charge is 0.380 e. The van der Waals surface area contributed by atoms with E-state index in [1.807, 2.05) is 0 Å². The van der Waals surface area contributed by atoms with E-state index in [-0.39, 0.29) is 21.9 Å². The number of amides is 2. The molecule has 0 spiro atoms. The molecule has 1 N–H and O–H groups in total. The fourth-order valence-electron chi connectivity index (χ4n) is 4.34. The van der Waals surface area contributed by atoms with Crippen molar-refractivity contribution in [2.45, 2.75) is 24.7 Å². The van der Waals surface area contributed by atoms with Crippen LogP contribution in [0.25, 0.3) is 22.0 Å². The molecule has 1 saturated carbocycles. The molecular weight excluding hydrogens is 471 g/mol. The number of alkyl halides is 3. The van der Waals surface area contributed by atoms with Gasteiger partial charge in [0.15, 0.2) is 0 Å². The van der Waals surface area contributed by atoms with Crippen LogP contribution in [0.15, 0.2) is 48.7 Å². The zero-order valence-electron chi connectivity index (χ0n) is 18.0. The fraction of sp³-hybridized carbons (Fsp3) is 0.333. The number of rotatable bonds is 3. The summed E-state index contributed by atoms with van der Waals surface area (Å²) < 4.78 is 39.6. The number of carbonyl (C=O) groups excluding carboxylic acids is 2. The summed E-state index contributed by atoms with van der Waals surface area (Å²) in [6.07, 6.45) is -2.55. The van der Waals surface area contributed by atoms with Gasteiger partial charge in [0, 0.05) is 53.9 Å². The van der Waals surface area contributed by atoms with Gasteiger partial charge in [-0.05, 0) is 48.7 Å². The topological polar surface area (TPSA) is 65.8 Å². The molecule has 10 heteroatoms. The first kappa shape index (κ1) is 22.7. The van der Waals surface area contributed by atoms with Gasteiger partial charge in [-0.25, -0.2) is 0 Å². The molecule has 2 fully saturated rings. The predicted octanol–water partition coefficient (Wildman–Crippen LogP) is 4.25. The van der Waals surface area contributed by atoms with E-state index in [1.165, 1.54) is 12.1 Å². The van der Waals surface area contributed by atoms with Crippen LogP contribution in [0.1, 0.15) is 23.2 Å². The van der Waals surface area contributed by atoms with Crippen LogP contribution in [-0.2, 0) is 11.1 Å². The van der Waals surface area contributed by atoms with Crippen LogP contribution in [0.5, 0.6) is 0 Å². The van der Waals surface area contributed by atoms with Crippen molar-refractivity contribution >= 4 is 34.3 Å². The van der Waals surface area contributed by atoms with Gasteiger partial charge in [-0.3, -0.25) is 14.2 Å². The lowest BCUT2D eigenvalue weighted by molar-refractivity contribution is -0.200. The second kappa shape index (κ2) is 8.02. The highest BCUT2D eigenvalue weighted by Gasteiger charge is 2.50. The molecule has 2 amide bonds. The summed E-state index contributed by atoms with van der Waals surface area (Å²) in [5.41, 5.74) is 0.465. The summed E-state index contributed by atoms with van der Waals surface area (Å²) in [6.45, 7) is 1.42. The number of halogens is 4. The Labute approximate surface area is 198 Å². The molecule has 1 saturated heterocycles. The van der Waals surface area contributed by atoms with Crippen LogP contribution in [0.4, 0.5) is 13.2 Å². The second-order valence-corrected chi connectivity index (χ2v) is 9.14. The number of benzene rings is 2. The lowest BCUT2D eigenvalue weighted by atomic mass is 10.0. The molecule has 0 bridgehead atoms. The Morgan fingerprint density at radius 3 is 2.24 bits per heavy atom. The first-order chi connectivity index (χ1) is 16.1. The van der Waals surface area contributed by atoms with E-state index in [2.05, 4.69) is 0 Å². The maximum Gasteiger partial charge on any atom is 0.488 e. The summed E-state index contributed by atoms with van der Waals surface area (Å²) in [7, 11) is 0. The van der Waals surface area contributed by atoms with Crippen molar-refractivity contribution in [2.24, 2.45) is 0 Å². The minimum Gasteiger partial charge on any atom is -0.380 e. The van der Waals surface area contributed by atoms with E-state index in [4.69, 9.17) is 11.6 Å². The molecule has 0 atom stereocenters. The summed E-state index contributed by atoms with van der Waals surface area (Å²) in [4.78, 5) is 28.5. The standard InChI is InChI=1S/C24H21ClF3N3O3/c25-19-14-17(21(32)29-9-11-30(12-10-29)22(33)23(34)6-7-23)1-3-18(19)15-2-4-20-16(13-15)5-8-31(20)24(26,27)28/h1-5,8,13-14,34H,6-7,9-12H2. The molecule has 1 aliphatic heterocycles. The summed E-state index contributed by atoms with van der Waals surface area (Å²) in [6, 6.07) is 10.9. The zero-order chi connectivity index (χ0) is 24.3. The van der Waals surface area contributed by atoms with E-state index in [1.54, 1.807) is 40.1 Å². The average Bonchev–Trinajstić information content (AvgIpc) is 3.41. The number of aromatic nitrogens is 1. The molecule has 1 aromatic heterocycles. The highest BCUT2D eigenvalue weighted by atomic mass is 35.5. The van der Waals surface area contributed by atoms with Crippen molar-refractivity contribution in [1.29, 1.82) is 0 Å². The Balaban J connectivity index is 1.31. The van der Waals surface area contributed by atoms with Crippen LogP contribution in [-0.4, -0.2) is 63.1 Å². The van der Waals surface area contributed by atoms with Gasteiger partial charge < -0.3 is 14.9 Å². The zero-order valence-corrected chi connectivity index (χ0v) is 18.7. The normalized spacial score (nSPS) is 17.8. The molecule has 0 unspecified atom stereocenters. The van der Waals surface area contributed by atoms with Gasteiger partial charge in [0.1, 0.15) is 5.60 Å². The molecule has 0 radical (unpaired) electrons. The largest absolute Gasteiger partial charge is 0.488 e. The molecule has 6 nitrogen and oxygen atoms in total. The molecule has 2 aromatic carbocycles. The van der Waals surface area contributed by atoms with Gasteiger partial charge in [0.05, 0.1) is 5.52 Å². The monoisotopic (exact) mass is 491 g/mol. The van der Waals surface area contributed by atoms with Gasteiger partial charge in [-0.15, -0.1) is 13.2 Å². The molecule has 2 aliphatic rings. The molecule has 178 valence electrons. The third kappa shape index (κ3) is 4.03. The van der Waals surface area contributed by atoms with Gasteiger partial charge in [0.2, 0.25) is 0 Å². The Morgan fingerprint density at radius 1 is 0.941 bits per heavy atom. The highest BCUT2D eigenvalue weighted by Crippen LogP contribution is 2.37. The Bertz CT molecular complexity index is 1290. The minimum absolute atomic E-state index is 0.0469. The number of carbonyl (C=O) groups is 2. The lowest BCUT2D eigenvalue weighted by Crippen LogP contribution is -2.53. The maximum absolute atomic E-state index is 13.1.